The zero-order valence-electron chi connectivity index (χ0n) is 16.0. The second-order valence-corrected chi connectivity index (χ2v) is 6.32. The maximum Gasteiger partial charge on any atom is 0.193 e. The molecule has 1 N–H and O–H groups in total. The predicted molar refractivity (Wildman–Crippen MR) is 113 cm³/mol. The Morgan fingerprint density at radius 3 is 2.52 bits per heavy atom. The van der Waals surface area contributed by atoms with Gasteiger partial charge in [0, 0.05) is 58.4 Å². The minimum Gasteiger partial charge on any atom is -0.354 e. The van der Waals surface area contributed by atoms with Crippen LogP contribution in [0.25, 0.3) is 0 Å². The summed E-state index contributed by atoms with van der Waals surface area (Å²) in [5, 5.41) is 7.76. The van der Waals surface area contributed by atoms with Crippen LogP contribution >= 0.6 is 24.0 Å². The van der Waals surface area contributed by atoms with E-state index in [1.165, 1.54) is 11.3 Å². The number of guanidine groups is 1. The molecule has 25 heavy (non-hydrogen) atoms. The van der Waals surface area contributed by atoms with Crippen molar-refractivity contribution < 1.29 is 0 Å². The topological polar surface area (TPSA) is 53.6 Å². The Labute approximate surface area is 167 Å². The molecule has 0 aliphatic heterocycles. The first-order valence-corrected chi connectivity index (χ1v) is 8.09. The highest BCUT2D eigenvalue weighted by Gasteiger charge is 2.17. The molecule has 0 aromatic carbocycles. The van der Waals surface area contributed by atoms with Gasteiger partial charge in [-0.25, -0.2) is 0 Å². The van der Waals surface area contributed by atoms with Crippen molar-refractivity contribution in [1.82, 2.24) is 29.5 Å². The summed E-state index contributed by atoms with van der Waals surface area (Å²) in [4.78, 5) is 8.73. The summed E-state index contributed by atoms with van der Waals surface area (Å²) in [5.41, 5.74) is 2.44. The monoisotopic (exact) mass is 459 g/mol. The Morgan fingerprint density at radius 1 is 1.32 bits per heavy atom. The van der Waals surface area contributed by atoms with Crippen molar-refractivity contribution >= 4 is 29.9 Å². The van der Waals surface area contributed by atoms with Crippen molar-refractivity contribution in [3.05, 3.63) is 42.0 Å². The summed E-state index contributed by atoms with van der Waals surface area (Å²) in [7, 11) is 12.0. The molecule has 0 bridgehead atoms. The van der Waals surface area contributed by atoms with Crippen LogP contribution in [0.1, 0.15) is 17.3 Å². The number of halogens is 1. The Bertz CT molecular complexity index is 674. The fourth-order valence-corrected chi connectivity index (χ4v) is 2.76. The van der Waals surface area contributed by atoms with Gasteiger partial charge in [0.2, 0.25) is 0 Å². The lowest BCUT2D eigenvalue weighted by molar-refractivity contribution is 0.295. The van der Waals surface area contributed by atoms with Crippen molar-refractivity contribution in [2.24, 2.45) is 19.1 Å². The van der Waals surface area contributed by atoms with Crippen molar-refractivity contribution in [3.8, 4) is 0 Å². The molecule has 1 unspecified atom stereocenters. The molecule has 1 atom stereocenters. The third kappa shape index (κ3) is 5.74. The van der Waals surface area contributed by atoms with Gasteiger partial charge in [0.25, 0.3) is 0 Å². The van der Waals surface area contributed by atoms with Crippen molar-refractivity contribution in [3.63, 3.8) is 0 Å². The van der Waals surface area contributed by atoms with Crippen molar-refractivity contribution in [1.29, 1.82) is 0 Å². The molecule has 7 nitrogen and oxygen atoms in total. The number of nitrogens with zero attached hydrogens (tertiary/aromatic N) is 6. The number of nitrogens with one attached hydrogen (secondary N) is 1. The SMILES string of the molecule is CN=C(NCC(c1cnn(C)c1)N(C)C)N(C)Cc1cccn1C.I. The fraction of sp³-hybridized carbons (Fsp3) is 0.529. The van der Waals surface area contributed by atoms with Gasteiger partial charge in [-0.05, 0) is 26.2 Å². The van der Waals surface area contributed by atoms with Crippen LogP contribution in [0.3, 0.4) is 0 Å². The maximum atomic E-state index is 4.41. The van der Waals surface area contributed by atoms with Gasteiger partial charge in [-0.1, -0.05) is 0 Å². The van der Waals surface area contributed by atoms with Gasteiger partial charge in [-0.3, -0.25) is 9.67 Å². The van der Waals surface area contributed by atoms with Crippen LogP contribution in [-0.2, 0) is 20.6 Å². The highest BCUT2D eigenvalue weighted by molar-refractivity contribution is 14.0. The van der Waals surface area contributed by atoms with Crippen molar-refractivity contribution in [2.75, 3.05) is 34.7 Å². The molecule has 2 heterocycles. The molecule has 0 aliphatic carbocycles. The minimum absolute atomic E-state index is 0. The molecule has 0 spiro atoms. The number of hydrogen-bond donors (Lipinski definition) is 1. The molecular formula is C17H30IN7. The first-order chi connectivity index (χ1) is 11.4. The summed E-state index contributed by atoms with van der Waals surface area (Å²) in [6.45, 7) is 1.57. The van der Waals surface area contributed by atoms with E-state index in [4.69, 9.17) is 0 Å². The van der Waals surface area contributed by atoms with Crippen LogP contribution in [-0.4, -0.2) is 64.8 Å². The van der Waals surface area contributed by atoms with E-state index >= 15 is 0 Å². The fourth-order valence-electron chi connectivity index (χ4n) is 2.76. The Balaban J connectivity index is 0.00000312. The molecular weight excluding hydrogens is 429 g/mol. The number of likely N-dealkylation sites (N-methyl/N-ethyl adjacent to an activating group) is 1. The second kappa shape index (κ2) is 9.81. The van der Waals surface area contributed by atoms with E-state index in [0.29, 0.717) is 0 Å². The normalized spacial score (nSPS) is 12.8. The Morgan fingerprint density at radius 2 is 2.04 bits per heavy atom. The third-order valence-electron chi connectivity index (χ3n) is 4.21. The lowest BCUT2D eigenvalue weighted by Gasteiger charge is -2.27. The average Bonchev–Trinajstić information content (AvgIpc) is 3.12. The van der Waals surface area contributed by atoms with Crippen LogP contribution in [0.4, 0.5) is 0 Å². The van der Waals surface area contributed by atoms with E-state index in [-0.39, 0.29) is 30.0 Å². The van der Waals surface area contributed by atoms with E-state index in [9.17, 15) is 0 Å². The van der Waals surface area contributed by atoms with Gasteiger partial charge in [-0.2, -0.15) is 5.10 Å². The smallest absolute Gasteiger partial charge is 0.193 e. The molecule has 0 saturated heterocycles. The second-order valence-electron chi connectivity index (χ2n) is 6.32. The van der Waals surface area contributed by atoms with Gasteiger partial charge in [0.05, 0.1) is 18.8 Å². The number of aromatic nitrogens is 3. The van der Waals surface area contributed by atoms with E-state index in [1.807, 2.05) is 25.0 Å². The first-order valence-electron chi connectivity index (χ1n) is 8.09. The Kier molecular flexibility index (Phi) is 8.43. The van der Waals surface area contributed by atoms with Gasteiger partial charge >= 0.3 is 0 Å². The average molecular weight is 459 g/mol. The van der Waals surface area contributed by atoms with Gasteiger partial charge in [0.1, 0.15) is 0 Å². The number of aliphatic imine (C=N–C) groups is 1. The quantitative estimate of drug-likeness (QED) is 0.406. The molecule has 0 aliphatic rings. The summed E-state index contributed by atoms with van der Waals surface area (Å²) in [5.74, 6) is 0.881. The molecule has 0 radical (unpaired) electrons. The summed E-state index contributed by atoms with van der Waals surface area (Å²) in [6, 6.07) is 4.42. The molecule has 0 saturated carbocycles. The number of aryl methyl sites for hydroxylation is 2. The standard InChI is InChI=1S/C17H29N7.HI/c1-18-17(23(5)13-15-8-7-9-22(15)4)19-11-16(21(2)3)14-10-20-24(6)12-14;/h7-10,12,16H,11,13H2,1-6H3,(H,18,19);1H. The van der Waals surface area contributed by atoms with Crippen LogP contribution in [0.2, 0.25) is 0 Å². The third-order valence-corrected chi connectivity index (χ3v) is 4.21. The van der Waals surface area contributed by atoms with E-state index in [0.717, 1.165) is 19.0 Å². The number of hydrogen-bond acceptors (Lipinski definition) is 3. The molecule has 140 valence electrons. The first kappa shape index (κ1) is 21.5. The molecule has 2 aromatic heterocycles. The summed E-state index contributed by atoms with van der Waals surface area (Å²) >= 11 is 0. The summed E-state index contributed by atoms with van der Waals surface area (Å²) < 4.78 is 3.96. The van der Waals surface area contributed by atoms with Crippen LogP contribution < -0.4 is 5.32 Å². The molecule has 0 fully saturated rings. The van der Waals surface area contributed by atoms with Gasteiger partial charge in [-0.15, -0.1) is 24.0 Å². The molecule has 2 rings (SSSR count). The largest absolute Gasteiger partial charge is 0.354 e. The van der Waals surface area contributed by atoms with Gasteiger partial charge < -0.3 is 19.7 Å². The molecule has 2 aromatic rings. The molecule has 8 heteroatoms. The van der Waals surface area contributed by atoms with Crippen LogP contribution in [0.5, 0.6) is 0 Å². The van der Waals surface area contributed by atoms with E-state index < -0.39 is 0 Å². The highest BCUT2D eigenvalue weighted by atomic mass is 127. The Hall–Kier alpha value is -1.55. The van der Waals surface area contributed by atoms with Crippen LogP contribution in [0.15, 0.2) is 35.7 Å². The lowest BCUT2D eigenvalue weighted by Crippen LogP contribution is -2.42. The highest BCUT2D eigenvalue weighted by Crippen LogP contribution is 2.16. The summed E-state index contributed by atoms with van der Waals surface area (Å²) in [6.07, 6.45) is 6.04. The predicted octanol–water partition coefficient (Wildman–Crippen LogP) is 1.69. The molecule has 0 amide bonds. The van der Waals surface area contributed by atoms with E-state index in [1.54, 1.807) is 0 Å². The lowest BCUT2D eigenvalue weighted by atomic mass is 10.1. The maximum absolute atomic E-state index is 4.41. The van der Waals surface area contributed by atoms with Crippen molar-refractivity contribution in [2.45, 2.75) is 12.6 Å². The zero-order chi connectivity index (χ0) is 17.7. The number of rotatable bonds is 6. The van der Waals surface area contributed by atoms with Gasteiger partial charge in [0.15, 0.2) is 5.96 Å². The van der Waals surface area contributed by atoms with Crippen LogP contribution in [0, 0.1) is 0 Å². The zero-order valence-corrected chi connectivity index (χ0v) is 18.3. The minimum atomic E-state index is 0. The van der Waals surface area contributed by atoms with E-state index in [2.05, 4.69) is 82.5 Å².